The van der Waals surface area contributed by atoms with Crippen LogP contribution >= 0.6 is 23.5 Å². The predicted octanol–water partition coefficient (Wildman–Crippen LogP) is 4.59. The Balaban J connectivity index is 1.73. The number of nitrogens with zero attached hydrogens (tertiary/aromatic N) is 4. The highest BCUT2D eigenvalue weighted by molar-refractivity contribution is 7.99. The third kappa shape index (κ3) is 4.45. The van der Waals surface area contributed by atoms with Crippen molar-refractivity contribution >= 4 is 23.5 Å². The van der Waals surface area contributed by atoms with E-state index in [1.165, 1.54) is 17.8 Å². The second-order valence-corrected chi connectivity index (χ2v) is 6.46. The fraction of sp³-hybridized carbons (Fsp3) is 0.0667. The summed E-state index contributed by atoms with van der Waals surface area (Å²) in [6.45, 7) is 0. The average molecular weight is 366 g/mol. The number of alkyl halides is 3. The molecule has 3 rings (SSSR count). The van der Waals surface area contributed by atoms with Gasteiger partial charge < -0.3 is 0 Å². The van der Waals surface area contributed by atoms with E-state index in [0.29, 0.717) is 15.2 Å². The summed E-state index contributed by atoms with van der Waals surface area (Å²) in [6.07, 6.45) is -0.323. The summed E-state index contributed by atoms with van der Waals surface area (Å²) in [5.74, 6) is 0. The Labute approximate surface area is 144 Å². The standard InChI is InChI=1S/C15H9F3N4S2/c16-15(17,18)10-4-5-12(21-9-10)24-14-20-8-6-13(22-14)23-11-3-1-2-7-19-11/h1-9H. The number of aromatic nitrogens is 4. The molecule has 0 spiro atoms. The van der Waals surface area contributed by atoms with Crippen LogP contribution in [0.4, 0.5) is 13.2 Å². The highest BCUT2D eigenvalue weighted by atomic mass is 32.2. The van der Waals surface area contributed by atoms with Crippen LogP contribution in [0.1, 0.15) is 5.56 Å². The molecule has 0 N–H and O–H groups in total. The van der Waals surface area contributed by atoms with E-state index in [4.69, 9.17) is 0 Å². The summed E-state index contributed by atoms with van der Waals surface area (Å²) >= 11 is 2.47. The van der Waals surface area contributed by atoms with Crippen molar-refractivity contribution in [2.45, 2.75) is 26.4 Å². The van der Waals surface area contributed by atoms with Gasteiger partial charge in [0, 0.05) is 18.6 Å². The third-order valence-corrected chi connectivity index (χ3v) is 4.43. The van der Waals surface area contributed by atoms with Crippen LogP contribution in [0, 0.1) is 0 Å². The van der Waals surface area contributed by atoms with Gasteiger partial charge in [-0.1, -0.05) is 6.07 Å². The number of halogens is 3. The molecule has 0 fully saturated rings. The molecule has 0 aromatic carbocycles. The minimum absolute atomic E-state index is 0.392. The Morgan fingerprint density at radius 3 is 2.25 bits per heavy atom. The van der Waals surface area contributed by atoms with Gasteiger partial charge in [-0.15, -0.1) is 0 Å². The van der Waals surface area contributed by atoms with Crippen molar-refractivity contribution in [3.05, 3.63) is 60.6 Å². The van der Waals surface area contributed by atoms with Crippen molar-refractivity contribution in [1.29, 1.82) is 0 Å². The maximum atomic E-state index is 12.5. The molecule has 0 radical (unpaired) electrons. The van der Waals surface area contributed by atoms with Crippen LogP contribution in [0.3, 0.4) is 0 Å². The number of pyridine rings is 2. The first-order chi connectivity index (χ1) is 11.5. The predicted molar refractivity (Wildman–Crippen MR) is 83.8 cm³/mol. The van der Waals surface area contributed by atoms with E-state index in [2.05, 4.69) is 19.9 Å². The molecule has 0 unspecified atom stereocenters. The van der Waals surface area contributed by atoms with E-state index in [1.807, 2.05) is 18.2 Å². The van der Waals surface area contributed by atoms with Crippen molar-refractivity contribution in [1.82, 2.24) is 19.9 Å². The number of hydrogen-bond acceptors (Lipinski definition) is 6. The lowest BCUT2D eigenvalue weighted by Gasteiger charge is -2.06. The van der Waals surface area contributed by atoms with Gasteiger partial charge in [0.25, 0.3) is 0 Å². The lowest BCUT2D eigenvalue weighted by molar-refractivity contribution is -0.137. The Bertz CT molecular complexity index is 811. The highest BCUT2D eigenvalue weighted by Crippen LogP contribution is 2.31. The summed E-state index contributed by atoms with van der Waals surface area (Å²) in [5, 5.41) is 2.28. The largest absolute Gasteiger partial charge is 0.417 e. The van der Waals surface area contributed by atoms with E-state index in [1.54, 1.807) is 18.5 Å². The van der Waals surface area contributed by atoms with Crippen LogP contribution in [-0.2, 0) is 6.18 Å². The van der Waals surface area contributed by atoms with Crippen molar-refractivity contribution in [2.24, 2.45) is 0 Å². The molecular weight excluding hydrogens is 357 g/mol. The SMILES string of the molecule is FC(F)(F)c1ccc(Sc2nccc(Sc3ccccn3)n2)nc1. The van der Waals surface area contributed by atoms with Gasteiger partial charge in [-0.3, -0.25) is 0 Å². The van der Waals surface area contributed by atoms with Gasteiger partial charge in [0.1, 0.15) is 15.1 Å². The molecule has 0 aliphatic heterocycles. The normalized spacial score (nSPS) is 11.5. The molecule has 122 valence electrons. The maximum Gasteiger partial charge on any atom is 0.417 e. The van der Waals surface area contributed by atoms with Crippen molar-refractivity contribution in [3.63, 3.8) is 0 Å². The van der Waals surface area contributed by atoms with Crippen LogP contribution < -0.4 is 0 Å². The fourth-order valence-corrected chi connectivity index (χ4v) is 3.13. The van der Waals surface area contributed by atoms with Gasteiger partial charge in [-0.25, -0.2) is 19.9 Å². The number of rotatable bonds is 4. The zero-order valence-corrected chi connectivity index (χ0v) is 13.6. The topological polar surface area (TPSA) is 51.6 Å². The monoisotopic (exact) mass is 366 g/mol. The molecule has 0 aliphatic rings. The van der Waals surface area contributed by atoms with E-state index in [-0.39, 0.29) is 0 Å². The second-order valence-electron chi connectivity index (χ2n) is 4.43. The molecule has 4 nitrogen and oxygen atoms in total. The Kier molecular flexibility index (Phi) is 5.00. The molecule has 0 atom stereocenters. The van der Waals surface area contributed by atoms with Crippen LogP contribution in [0.5, 0.6) is 0 Å². The molecule has 9 heteroatoms. The third-order valence-electron chi connectivity index (χ3n) is 2.71. The van der Waals surface area contributed by atoms with E-state index in [9.17, 15) is 13.2 Å². The molecule has 3 aromatic heterocycles. The summed E-state index contributed by atoms with van der Waals surface area (Å²) in [6, 6.07) is 9.58. The van der Waals surface area contributed by atoms with Gasteiger partial charge in [0.2, 0.25) is 0 Å². The van der Waals surface area contributed by atoms with Crippen molar-refractivity contribution in [2.75, 3.05) is 0 Å². The van der Waals surface area contributed by atoms with E-state index in [0.717, 1.165) is 29.1 Å². The summed E-state index contributed by atoms with van der Waals surface area (Å²) in [7, 11) is 0. The Hall–Kier alpha value is -2.13. The lowest BCUT2D eigenvalue weighted by Crippen LogP contribution is -2.05. The molecule has 0 aliphatic carbocycles. The van der Waals surface area contributed by atoms with Crippen molar-refractivity contribution < 1.29 is 13.2 Å². The minimum Gasteiger partial charge on any atom is -0.250 e. The smallest absolute Gasteiger partial charge is 0.250 e. The van der Waals surface area contributed by atoms with Gasteiger partial charge in [-0.2, -0.15) is 13.2 Å². The lowest BCUT2D eigenvalue weighted by atomic mass is 10.3. The van der Waals surface area contributed by atoms with Gasteiger partial charge >= 0.3 is 6.18 Å². The highest BCUT2D eigenvalue weighted by Gasteiger charge is 2.30. The molecule has 3 aromatic rings. The van der Waals surface area contributed by atoms with Gasteiger partial charge in [0.05, 0.1) is 5.56 Å². The molecule has 24 heavy (non-hydrogen) atoms. The molecule has 0 amide bonds. The Morgan fingerprint density at radius 2 is 1.58 bits per heavy atom. The van der Waals surface area contributed by atoms with Crippen molar-refractivity contribution in [3.8, 4) is 0 Å². The quantitative estimate of drug-likeness (QED) is 0.497. The van der Waals surface area contributed by atoms with Crippen LogP contribution in [0.2, 0.25) is 0 Å². The Morgan fingerprint density at radius 1 is 0.750 bits per heavy atom. The second kappa shape index (κ2) is 7.18. The van der Waals surface area contributed by atoms with Crippen LogP contribution in [0.15, 0.2) is 75.2 Å². The first-order valence-electron chi connectivity index (χ1n) is 6.64. The molecular formula is C15H9F3N4S2. The maximum absolute atomic E-state index is 12.5. The zero-order valence-electron chi connectivity index (χ0n) is 11.9. The zero-order chi connectivity index (χ0) is 17.0. The molecule has 3 heterocycles. The van der Waals surface area contributed by atoms with Crippen LogP contribution in [0.25, 0.3) is 0 Å². The summed E-state index contributed by atoms with van der Waals surface area (Å²) < 4.78 is 37.6. The van der Waals surface area contributed by atoms with E-state index >= 15 is 0 Å². The van der Waals surface area contributed by atoms with Crippen LogP contribution in [-0.4, -0.2) is 19.9 Å². The molecule has 0 saturated heterocycles. The fourth-order valence-electron chi connectivity index (χ4n) is 1.65. The first kappa shape index (κ1) is 16.7. The molecule has 0 bridgehead atoms. The van der Waals surface area contributed by atoms with Gasteiger partial charge in [-0.05, 0) is 53.9 Å². The average Bonchev–Trinajstić information content (AvgIpc) is 2.56. The summed E-state index contributed by atoms with van der Waals surface area (Å²) in [4.78, 5) is 16.4. The summed E-state index contributed by atoms with van der Waals surface area (Å²) in [5.41, 5.74) is -0.785. The number of hydrogen-bond donors (Lipinski definition) is 0. The minimum atomic E-state index is -4.40. The van der Waals surface area contributed by atoms with E-state index < -0.39 is 11.7 Å². The first-order valence-corrected chi connectivity index (χ1v) is 8.27. The molecule has 0 saturated carbocycles. The van der Waals surface area contributed by atoms with Gasteiger partial charge in [0.15, 0.2) is 5.16 Å².